The molecule has 0 atom stereocenters. The van der Waals surface area contributed by atoms with Crippen LogP contribution in [0.3, 0.4) is 0 Å². The third-order valence-electron chi connectivity index (χ3n) is 1.78. The topological polar surface area (TPSA) is 37.3 Å². The Bertz CT molecular complexity index is 369. The first-order chi connectivity index (χ1) is 7.79. The fourth-order valence-corrected chi connectivity index (χ4v) is 1.91. The highest BCUT2D eigenvalue weighted by molar-refractivity contribution is 7.99. The zero-order chi connectivity index (χ0) is 11.6. The quantitative estimate of drug-likeness (QED) is 0.355. The van der Waals surface area contributed by atoms with Crippen LogP contribution < -0.4 is 0 Å². The van der Waals surface area contributed by atoms with Gasteiger partial charge in [0.2, 0.25) is 0 Å². The van der Waals surface area contributed by atoms with Gasteiger partial charge in [0, 0.05) is 16.7 Å². The van der Waals surface area contributed by atoms with Gasteiger partial charge in [-0.25, -0.2) is 4.79 Å². The van der Waals surface area contributed by atoms with Gasteiger partial charge in [-0.05, 0) is 18.6 Å². The third-order valence-corrected chi connectivity index (χ3v) is 2.83. The molecular weight excluding hydrogens is 220 g/mol. The fourth-order valence-electron chi connectivity index (χ4n) is 1.07. The molecule has 1 aromatic carbocycles. The molecule has 0 heterocycles. The minimum atomic E-state index is -0.914. The Balaban J connectivity index is 2.15. The van der Waals surface area contributed by atoms with E-state index >= 15 is 0 Å². The summed E-state index contributed by atoms with van der Waals surface area (Å²) in [6.07, 6.45) is 7.33. The summed E-state index contributed by atoms with van der Waals surface area (Å²) in [4.78, 5) is 11.4. The van der Waals surface area contributed by atoms with E-state index in [1.54, 1.807) is 17.8 Å². The molecule has 0 aliphatic heterocycles. The molecule has 0 radical (unpaired) electrons. The third kappa shape index (κ3) is 6.09. The Hall–Kier alpha value is -1.48. The molecule has 0 fully saturated rings. The first kappa shape index (κ1) is 12.6. The zero-order valence-electron chi connectivity index (χ0n) is 8.87. The highest BCUT2D eigenvalue weighted by Crippen LogP contribution is 2.17. The molecule has 1 aromatic rings. The van der Waals surface area contributed by atoms with Gasteiger partial charge in [-0.15, -0.1) is 11.8 Å². The molecule has 0 unspecified atom stereocenters. The van der Waals surface area contributed by atoms with E-state index in [-0.39, 0.29) is 0 Å². The molecule has 0 saturated heterocycles. The van der Waals surface area contributed by atoms with Crippen molar-refractivity contribution < 1.29 is 9.90 Å². The van der Waals surface area contributed by atoms with Crippen molar-refractivity contribution in [3.05, 3.63) is 54.6 Å². The van der Waals surface area contributed by atoms with Crippen molar-refractivity contribution >= 4 is 17.7 Å². The minimum Gasteiger partial charge on any atom is -0.478 e. The Morgan fingerprint density at radius 2 is 2.00 bits per heavy atom. The predicted octanol–water partition coefficient (Wildman–Crippen LogP) is 3.37. The van der Waals surface area contributed by atoms with Crippen molar-refractivity contribution in [3.8, 4) is 0 Å². The van der Waals surface area contributed by atoms with E-state index in [0.29, 0.717) is 0 Å². The Labute approximate surface area is 99.7 Å². The first-order valence-electron chi connectivity index (χ1n) is 5.03. The van der Waals surface area contributed by atoms with Gasteiger partial charge in [-0.3, -0.25) is 0 Å². The second kappa shape index (κ2) is 7.77. The molecule has 0 spiro atoms. The lowest BCUT2D eigenvalue weighted by molar-refractivity contribution is -0.131. The van der Waals surface area contributed by atoms with Crippen LogP contribution >= 0.6 is 11.8 Å². The van der Waals surface area contributed by atoms with Crippen LogP contribution in [0.15, 0.2) is 59.5 Å². The number of rotatable bonds is 6. The van der Waals surface area contributed by atoms with E-state index in [2.05, 4.69) is 12.1 Å². The van der Waals surface area contributed by atoms with Crippen LogP contribution in [0.5, 0.6) is 0 Å². The van der Waals surface area contributed by atoms with Crippen molar-refractivity contribution in [1.82, 2.24) is 0 Å². The van der Waals surface area contributed by atoms with E-state index in [9.17, 15) is 4.79 Å². The van der Waals surface area contributed by atoms with Crippen LogP contribution in [-0.2, 0) is 4.79 Å². The normalized spacial score (nSPS) is 11.2. The van der Waals surface area contributed by atoms with E-state index in [4.69, 9.17) is 5.11 Å². The number of thioether (sulfide) groups is 1. The lowest BCUT2D eigenvalue weighted by Crippen LogP contribution is -1.84. The molecule has 0 aliphatic rings. The average molecular weight is 234 g/mol. The minimum absolute atomic E-state index is 0.914. The van der Waals surface area contributed by atoms with Crippen LogP contribution in [0.2, 0.25) is 0 Å². The Morgan fingerprint density at radius 3 is 2.69 bits per heavy atom. The molecule has 84 valence electrons. The van der Waals surface area contributed by atoms with Gasteiger partial charge in [0.1, 0.15) is 0 Å². The molecule has 1 rings (SSSR count). The number of carbonyl (C=O) groups is 1. The average Bonchev–Trinajstić information content (AvgIpc) is 2.29. The number of hydrogen-bond acceptors (Lipinski definition) is 2. The van der Waals surface area contributed by atoms with E-state index in [1.165, 1.54) is 11.0 Å². The maximum absolute atomic E-state index is 10.1. The second-order valence-electron chi connectivity index (χ2n) is 3.08. The molecule has 3 heteroatoms. The van der Waals surface area contributed by atoms with E-state index in [1.807, 2.05) is 24.3 Å². The molecule has 0 bridgehead atoms. The smallest absolute Gasteiger partial charge is 0.328 e. The lowest BCUT2D eigenvalue weighted by atomic mass is 10.4. The summed E-state index contributed by atoms with van der Waals surface area (Å²) in [5.41, 5.74) is 0. The van der Waals surface area contributed by atoms with Gasteiger partial charge in [-0.1, -0.05) is 36.4 Å². The number of benzene rings is 1. The first-order valence-corrected chi connectivity index (χ1v) is 6.01. The van der Waals surface area contributed by atoms with E-state index in [0.717, 1.165) is 18.2 Å². The van der Waals surface area contributed by atoms with Gasteiger partial charge in [0.05, 0.1) is 0 Å². The molecule has 16 heavy (non-hydrogen) atoms. The van der Waals surface area contributed by atoms with Gasteiger partial charge in [0.15, 0.2) is 0 Å². The summed E-state index contributed by atoms with van der Waals surface area (Å²) >= 11 is 1.79. The van der Waals surface area contributed by atoms with Gasteiger partial charge in [-0.2, -0.15) is 0 Å². The molecule has 1 N–H and O–H groups in total. The summed E-state index contributed by atoms with van der Waals surface area (Å²) in [6.45, 7) is 0. The summed E-state index contributed by atoms with van der Waals surface area (Å²) in [6, 6.07) is 10.2. The summed E-state index contributed by atoms with van der Waals surface area (Å²) in [5, 5.41) is 8.34. The number of aliphatic carboxylic acids is 1. The molecule has 0 saturated carbocycles. The highest BCUT2D eigenvalue weighted by Gasteiger charge is 1.89. The highest BCUT2D eigenvalue weighted by atomic mass is 32.2. The Morgan fingerprint density at radius 1 is 1.25 bits per heavy atom. The summed E-state index contributed by atoms with van der Waals surface area (Å²) in [7, 11) is 0. The lowest BCUT2D eigenvalue weighted by Gasteiger charge is -1.97. The fraction of sp³-hybridized carbons (Fsp3) is 0.154. The maximum Gasteiger partial charge on any atom is 0.328 e. The van der Waals surface area contributed by atoms with Crippen LogP contribution in [0.4, 0.5) is 0 Å². The van der Waals surface area contributed by atoms with Crippen molar-refractivity contribution in [2.24, 2.45) is 0 Å². The standard InChI is InChI=1S/C13H14O2S/c14-13(15)10-6-1-2-7-11-16-12-8-4-3-5-9-12/h1-6,8-10H,7,11H2,(H,14,15). The number of carboxylic acids is 1. The zero-order valence-corrected chi connectivity index (χ0v) is 9.69. The number of carboxylic acid groups (broad SMARTS) is 1. The van der Waals surface area contributed by atoms with Crippen molar-refractivity contribution in [3.63, 3.8) is 0 Å². The van der Waals surface area contributed by atoms with Crippen LogP contribution in [0.1, 0.15) is 6.42 Å². The van der Waals surface area contributed by atoms with Crippen molar-refractivity contribution in [2.45, 2.75) is 11.3 Å². The molecule has 0 aliphatic carbocycles. The van der Waals surface area contributed by atoms with Gasteiger partial charge >= 0.3 is 5.97 Å². The van der Waals surface area contributed by atoms with Crippen molar-refractivity contribution in [1.29, 1.82) is 0 Å². The van der Waals surface area contributed by atoms with Crippen LogP contribution in [-0.4, -0.2) is 16.8 Å². The molecule has 0 aromatic heterocycles. The number of hydrogen-bond donors (Lipinski definition) is 1. The van der Waals surface area contributed by atoms with E-state index < -0.39 is 5.97 Å². The van der Waals surface area contributed by atoms with Crippen molar-refractivity contribution in [2.75, 3.05) is 5.75 Å². The molecular formula is C13H14O2S. The van der Waals surface area contributed by atoms with Gasteiger partial charge in [0.25, 0.3) is 0 Å². The van der Waals surface area contributed by atoms with Gasteiger partial charge < -0.3 is 5.11 Å². The monoisotopic (exact) mass is 234 g/mol. The predicted molar refractivity (Wildman–Crippen MR) is 67.7 cm³/mol. The number of allylic oxidation sites excluding steroid dienone is 3. The largest absolute Gasteiger partial charge is 0.478 e. The van der Waals surface area contributed by atoms with Crippen LogP contribution in [0.25, 0.3) is 0 Å². The van der Waals surface area contributed by atoms with Crippen LogP contribution in [0, 0.1) is 0 Å². The Kier molecular flexibility index (Phi) is 6.11. The summed E-state index contributed by atoms with van der Waals surface area (Å²) in [5.74, 6) is 0.0878. The second-order valence-corrected chi connectivity index (χ2v) is 4.24. The SMILES string of the molecule is O=C(O)C=CC=CCCSc1ccccc1. The molecule has 0 amide bonds. The molecule has 2 nitrogen and oxygen atoms in total. The maximum atomic E-state index is 10.1. The summed E-state index contributed by atoms with van der Waals surface area (Å²) < 4.78 is 0.